The van der Waals surface area contributed by atoms with Crippen LogP contribution in [0.1, 0.15) is 24.0 Å². The molecule has 6 heteroatoms. The van der Waals surface area contributed by atoms with Crippen LogP contribution in [-0.2, 0) is 14.3 Å². The summed E-state index contributed by atoms with van der Waals surface area (Å²) in [6.07, 6.45) is -1.10. The van der Waals surface area contributed by atoms with Crippen LogP contribution in [0.25, 0.3) is 0 Å². The molecule has 1 atom stereocenters. The monoisotopic (exact) mass is 326 g/mol. The van der Waals surface area contributed by atoms with Gasteiger partial charge in [-0.15, -0.1) is 4.91 Å². The van der Waals surface area contributed by atoms with Crippen molar-refractivity contribution in [2.75, 3.05) is 7.05 Å². The Morgan fingerprint density at radius 1 is 0.958 bits per heavy atom. The molecule has 0 radical (unpaired) electrons. The molecule has 0 N–H and O–H groups in total. The molecule has 2 rings (SSSR count). The number of esters is 1. The zero-order chi connectivity index (χ0) is 17.5. The van der Waals surface area contributed by atoms with Gasteiger partial charge in [-0.2, -0.15) is 5.01 Å². The maximum Gasteiger partial charge on any atom is 0.318 e. The Balaban J connectivity index is 2.26. The number of benzene rings is 2. The van der Waals surface area contributed by atoms with Crippen LogP contribution in [0.4, 0.5) is 0 Å². The minimum absolute atomic E-state index is 0.562. The average Bonchev–Trinajstić information content (AvgIpc) is 2.62. The fourth-order valence-corrected chi connectivity index (χ4v) is 2.35. The molecule has 0 saturated heterocycles. The summed E-state index contributed by atoms with van der Waals surface area (Å²) in [6.45, 7) is 1.41. The molecule has 0 aromatic heterocycles. The highest BCUT2D eigenvalue weighted by atomic mass is 16.5. The first-order chi connectivity index (χ1) is 11.5. The zero-order valence-electron chi connectivity index (χ0n) is 13.5. The van der Waals surface area contributed by atoms with Crippen LogP contribution in [0.15, 0.2) is 65.9 Å². The minimum atomic E-state index is -1.10. The fraction of sp³-hybridized carbons (Fsp3) is 0.222. The molecule has 0 fully saturated rings. The summed E-state index contributed by atoms with van der Waals surface area (Å²) in [6, 6.07) is 18.3. The van der Waals surface area contributed by atoms with Crippen molar-refractivity contribution in [1.29, 1.82) is 0 Å². The van der Waals surface area contributed by atoms with E-state index in [0.717, 1.165) is 11.1 Å². The predicted octanol–water partition coefficient (Wildman–Crippen LogP) is 2.89. The number of amides is 1. The Kier molecular flexibility index (Phi) is 5.78. The number of hydrogen-bond donors (Lipinski definition) is 0. The average molecular weight is 326 g/mol. The van der Waals surface area contributed by atoms with E-state index in [1.165, 1.54) is 14.0 Å². The van der Waals surface area contributed by atoms with Crippen LogP contribution in [0.2, 0.25) is 0 Å². The van der Waals surface area contributed by atoms with Gasteiger partial charge in [0.25, 0.3) is 5.91 Å². The summed E-state index contributed by atoms with van der Waals surface area (Å²) >= 11 is 0. The Morgan fingerprint density at radius 3 is 1.83 bits per heavy atom. The van der Waals surface area contributed by atoms with E-state index in [-0.39, 0.29) is 0 Å². The van der Waals surface area contributed by atoms with Crippen LogP contribution in [0, 0.1) is 4.91 Å². The fourth-order valence-electron chi connectivity index (χ4n) is 2.35. The van der Waals surface area contributed by atoms with Crippen molar-refractivity contribution in [2.45, 2.75) is 18.9 Å². The van der Waals surface area contributed by atoms with E-state index in [1.807, 2.05) is 60.7 Å². The summed E-state index contributed by atoms with van der Waals surface area (Å²) in [5, 5.41) is 3.13. The molecule has 2 aromatic rings. The highest BCUT2D eigenvalue weighted by Gasteiger charge is 2.29. The maximum atomic E-state index is 12.7. The molecule has 0 aliphatic carbocycles. The van der Waals surface area contributed by atoms with Gasteiger partial charge >= 0.3 is 5.97 Å². The van der Waals surface area contributed by atoms with Crippen molar-refractivity contribution < 1.29 is 14.3 Å². The number of rotatable bonds is 6. The lowest BCUT2D eigenvalue weighted by Gasteiger charge is -2.20. The number of likely N-dealkylation sites (N-methyl/N-ethyl adjacent to an activating group) is 1. The lowest BCUT2D eigenvalue weighted by Crippen LogP contribution is -2.35. The second kappa shape index (κ2) is 8.01. The van der Waals surface area contributed by atoms with Crippen molar-refractivity contribution >= 4 is 11.9 Å². The summed E-state index contributed by atoms with van der Waals surface area (Å²) in [4.78, 5) is 35.0. The first kappa shape index (κ1) is 17.3. The number of nitroso groups, excluding NO2 is 1. The van der Waals surface area contributed by atoms with Gasteiger partial charge in [0.15, 0.2) is 6.10 Å². The first-order valence-electron chi connectivity index (χ1n) is 7.45. The number of carbonyl (C=O) groups is 2. The number of nitrogens with zero attached hydrogens (tertiary/aromatic N) is 2. The third kappa shape index (κ3) is 4.04. The maximum absolute atomic E-state index is 12.7. The second-order valence-corrected chi connectivity index (χ2v) is 5.28. The Labute approximate surface area is 140 Å². The van der Waals surface area contributed by atoms with E-state index in [1.54, 1.807) is 0 Å². The third-order valence-electron chi connectivity index (χ3n) is 3.58. The SMILES string of the molecule is C[C@@H](OC(=O)C(c1ccccc1)c1ccccc1)C(=O)N(C)N=O. The van der Waals surface area contributed by atoms with Crippen molar-refractivity contribution in [2.24, 2.45) is 5.29 Å². The summed E-state index contributed by atoms with van der Waals surface area (Å²) in [5.41, 5.74) is 1.52. The van der Waals surface area contributed by atoms with Crippen molar-refractivity contribution in [3.8, 4) is 0 Å². The normalized spacial score (nSPS) is 11.6. The van der Waals surface area contributed by atoms with E-state index < -0.39 is 23.9 Å². The van der Waals surface area contributed by atoms with Crippen LogP contribution >= 0.6 is 0 Å². The van der Waals surface area contributed by atoms with Crippen LogP contribution in [-0.4, -0.2) is 30.0 Å². The Hall–Kier alpha value is -3.02. The molecule has 124 valence electrons. The van der Waals surface area contributed by atoms with Gasteiger partial charge in [-0.3, -0.25) is 9.59 Å². The Bertz CT molecular complexity index is 664. The molecule has 0 spiro atoms. The smallest absolute Gasteiger partial charge is 0.318 e. The van der Waals surface area contributed by atoms with Gasteiger partial charge in [-0.05, 0) is 18.1 Å². The lowest BCUT2D eigenvalue weighted by molar-refractivity contribution is -0.159. The van der Waals surface area contributed by atoms with Gasteiger partial charge < -0.3 is 4.74 Å². The molecule has 0 saturated carbocycles. The topological polar surface area (TPSA) is 76.0 Å². The van der Waals surface area contributed by atoms with Gasteiger partial charge in [-0.25, -0.2) is 0 Å². The molecule has 1 amide bonds. The summed E-state index contributed by atoms with van der Waals surface area (Å²) in [5.74, 6) is -1.90. The van der Waals surface area contributed by atoms with E-state index in [0.29, 0.717) is 5.01 Å². The number of ether oxygens (including phenoxy) is 1. The largest absolute Gasteiger partial charge is 0.452 e. The van der Waals surface area contributed by atoms with Gasteiger partial charge in [0.05, 0.1) is 5.29 Å². The summed E-state index contributed by atoms with van der Waals surface area (Å²) in [7, 11) is 1.21. The number of hydrogen-bond acceptors (Lipinski definition) is 5. The van der Waals surface area contributed by atoms with Crippen molar-refractivity contribution in [1.82, 2.24) is 5.01 Å². The predicted molar refractivity (Wildman–Crippen MR) is 88.8 cm³/mol. The first-order valence-corrected chi connectivity index (χ1v) is 7.45. The summed E-state index contributed by atoms with van der Waals surface area (Å²) < 4.78 is 5.28. The molecule has 2 aromatic carbocycles. The van der Waals surface area contributed by atoms with Gasteiger partial charge in [0.2, 0.25) is 0 Å². The second-order valence-electron chi connectivity index (χ2n) is 5.28. The molecule has 0 aliphatic heterocycles. The van der Waals surface area contributed by atoms with Crippen LogP contribution in [0.5, 0.6) is 0 Å². The molecule has 0 unspecified atom stereocenters. The van der Waals surface area contributed by atoms with Crippen LogP contribution < -0.4 is 0 Å². The van der Waals surface area contributed by atoms with Gasteiger partial charge in [0, 0.05) is 7.05 Å². The highest BCUT2D eigenvalue weighted by molar-refractivity contribution is 5.87. The zero-order valence-corrected chi connectivity index (χ0v) is 13.5. The molecular weight excluding hydrogens is 308 g/mol. The quantitative estimate of drug-likeness (QED) is 0.465. The van der Waals surface area contributed by atoms with E-state index in [2.05, 4.69) is 5.29 Å². The standard InChI is InChI=1S/C18H18N2O4/c1-13(17(21)20(2)19-23)24-18(22)16(14-9-5-3-6-10-14)15-11-7-4-8-12-15/h3-13,16H,1-2H3/t13-/m1/s1. The van der Waals surface area contributed by atoms with E-state index in [4.69, 9.17) is 4.74 Å². The van der Waals surface area contributed by atoms with Gasteiger partial charge in [-0.1, -0.05) is 60.7 Å². The van der Waals surface area contributed by atoms with E-state index >= 15 is 0 Å². The van der Waals surface area contributed by atoms with E-state index in [9.17, 15) is 14.5 Å². The molecule has 0 bridgehead atoms. The Morgan fingerprint density at radius 2 is 1.42 bits per heavy atom. The minimum Gasteiger partial charge on any atom is -0.452 e. The van der Waals surface area contributed by atoms with Crippen molar-refractivity contribution in [3.63, 3.8) is 0 Å². The van der Waals surface area contributed by atoms with Gasteiger partial charge in [0.1, 0.15) is 5.92 Å². The lowest BCUT2D eigenvalue weighted by atomic mass is 9.91. The molecular formula is C18H18N2O4. The molecule has 0 heterocycles. The third-order valence-corrected chi connectivity index (χ3v) is 3.58. The van der Waals surface area contributed by atoms with Crippen molar-refractivity contribution in [3.05, 3.63) is 76.7 Å². The van der Waals surface area contributed by atoms with Crippen LogP contribution in [0.3, 0.4) is 0 Å². The molecule has 6 nitrogen and oxygen atoms in total. The highest BCUT2D eigenvalue weighted by Crippen LogP contribution is 2.26. The number of carbonyl (C=O) groups excluding carboxylic acids is 2. The molecule has 24 heavy (non-hydrogen) atoms. The molecule has 0 aliphatic rings.